The zero-order valence-corrected chi connectivity index (χ0v) is 18.1. The minimum Gasteiger partial charge on any atom is -0.478 e. The minimum absolute atomic E-state index is 0.183. The molecule has 0 radical (unpaired) electrons. The molecule has 0 aliphatic carbocycles. The SMILES string of the molecule is C[C@@H](NC(=S)Nc1ccc(Cl)cc1)c1nc2cc(C(=O)O)ccc2n1Cc1ccco1. The van der Waals surface area contributed by atoms with E-state index in [2.05, 4.69) is 10.6 Å². The van der Waals surface area contributed by atoms with Crippen molar-refractivity contribution in [3.8, 4) is 0 Å². The quantitative estimate of drug-likeness (QED) is 0.350. The Balaban J connectivity index is 1.63. The van der Waals surface area contributed by atoms with E-state index in [9.17, 15) is 9.90 Å². The average molecular weight is 455 g/mol. The van der Waals surface area contributed by atoms with E-state index in [1.54, 1.807) is 36.6 Å². The number of rotatable bonds is 6. The van der Waals surface area contributed by atoms with Crippen LogP contribution in [-0.2, 0) is 6.54 Å². The van der Waals surface area contributed by atoms with Gasteiger partial charge in [0.05, 0.1) is 35.4 Å². The highest BCUT2D eigenvalue weighted by molar-refractivity contribution is 7.80. The van der Waals surface area contributed by atoms with Gasteiger partial charge < -0.3 is 24.7 Å². The van der Waals surface area contributed by atoms with E-state index in [0.29, 0.717) is 28.0 Å². The lowest BCUT2D eigenvalue weighted by Gasteiger charge is -2.18. The standard InChI is InChI=1S/C22H19ClN4O3S/c1-13(24-22(31)25-16-7-5-15(23)6-8-16)20-26-18-11-14(21(28)29)4-9-19(18)27(20)12-17-3-2-10-30-17/h2-11,13H,12H2,1H3,(H,28,29)(H2,24,25,31)/t13-/m1/s1. The number of anilines is 1. The lowest BCUT2D eigenvalue weighted by atomic mass is 10.2. The molecule has 4 rings (SSSR count). The molecule has 2 heterocycles. The lowest BCUT2D eigenvalue weighted by Crippen LogP contribution is -2.32. The summed E-state index contributed by atoms with van der Waals surface area (Å²) in [5.41, 5.74) is 2.39. The highest BCUT2D eigenvalue weighted by Crippen LogP contribution is 2.24. The smallest absolute Gasteiger partial charge is 0.335 e. The summed E-state index contributed by atoms with van der Waals surface area (Å²) in [4.78, 5) is 16.1. The zero-order valence-electron chi connectivity index (χ0n) is 16.5. The molecule has 0 aliphatic heterocycles. The van der Waals surface area contributed by atoms with Gasteiger partial charge in [0.1, 0.15) is 11.6 Å². The Morgan fingerprint density at radius 3 is 2.71 bits per heavy atom. The Labute approximate surface area is 188 Å². The van der Waals surface area contributed by atoms with Crippen molar-refractivity contribution in [2.24, 2.45) is 0 Å². The number of hydrogen-bond acceptors (Lipinski definition) is 4. The maximum atomic E-state index is 11.4. The number of fused-ring (bicyclic) bond motifs is 1. The Morgan fingerprint density at radius 1 is 1.26 bits per heavy atom. The van der Waals surface area contributed by atoms with Gasteiger partial charge in [-0.15, -0.1) is 0 Å². The largest absolute Gasteiger partial charge is 0.478 e. The summed E-state index contributed by atoms with van der Waals surface area (Å²) in [5, 5.41) is 16.7. The van der Waals surface area contributed by atoms with Crippen LogP contribution in [0.2, 0.25) is 5.02 Å². The average Bonchev–Trinajstić information content (AvgIpc) is 3.37. The first-order valence-corrected chi connectivity index (χ1v) is 10.3. The van der Waals surface area contributed by atoms with Crippen LogP contribution >= 0.6 is 23.8 Å². The molecule has 1 atom stereocenters. The fraction of sp³-hybridized carbons (Fsp3) is 0.136. The number of aromatic nitrogens is 2. The summed E-state index contributed by atoms with van der Waals surface area (Å²) in [6.45, 7) is 2.39. The molecule has 7 nitrogen and oxygen atoms in total. The number of nitrogens with one attached hydrogen (secondary N) is 2. The van der Waals surface area contributed by atoms with Crippen LogP contribution in [-0.4, -0.2) is 25.7 Å². The number of halogens is 1. The fourth-order valence-electron chi connectivity index (χ4n) is 3.30. The molecule has 9 heteroatoms. The highest BCUT2D eigenvalue weighted by atomic mass is 35.5. The van der Waals surface area contributed by atoms with Crippen molar-refractivity contribution in [1.82, 2.24) is 14.9 Å². The molecule has 0 spiro atoms. The summed E-state index contributed by atoms with van der Waals surface area (Å²) in [6.07, 6.45) is 1.61. The summed E-state index contributed by atoms with van der Waals surface area (Å²) >= 11 is 11.4. The van der Waals surface area contributed by atoms with Gasteiger partial charge in [-0.2, -0.15) is 0 Å². The number of furan rings is 1. The van der Waals surface area contributed by atoms with E-state index in [1.165, 1.54) is 0 Å². The van der Waals surface area contributed by atoms with E-state index in [4.69, 9.17) is 33.2 Å². The lowest BCUT2D eigenvalue weighted by molar-refractivity contribution is 0.0697. The van der Waals surface area contributed by atoms with Gasteiger partial charge in [-0.25, -0.2) is 9.78 Å². The fourth-order valence-corrected chi connectivity index (χ4v) is 3.72. The number of nitrogens with zero attached hydrogens (tertiary/aromatic N) is 2. The van der Waals surface area contributed by atoms with Gasteiger partial charge in [0, 0.05) is 10.7 Å². The topological polar surface area (TPSA) is 92.3 Å². The number of carbonyl (C=O) groups is 1. The van der Waals surface area contributed by atoms with Crippen LogP contribution in [0, 0.1) is 0 Å². The summed E-state index contributed by atoms with van der Waals surface area (Å²) < 4.78 is 7.50. The summed E-state index contributed by atoms with van der Waals surface area (Å²) in [5.74, 6) is 0.467. The van der Waals surface area contributed by atoms with Crippen LogP contribution in [0.3, 0.4) is 0 Å². The number of aromatic carboxylic acids is 1. The third-order valence-electron chi connectivity index (χ3n) is 4.76. The Hall–Kier alpha value is -3.36. The monoisotopic (exact) mass is 454 g/mol. The molecular weight excluding hydrogens is 436 g/mol. The van der Waals surface area contributed by atoms with Crippen molar-refractivity contribution >= 4 is 51.6 Å². The molecule has 0 amide bonds. The van der Waals surface area contributed by atoms with Crippen molar-refractivity contribution in [2.75, 3.05) is 5.32 Å². The molecule has 0 aliphatic rings. The Kier molecular flexibility index (Phi) is 5.92. The van der Waals surface area contributed by atoms with Crippen LogP contribution in [0.1, 0.15) is 34.9 Å². The first-order chi connectivity index (χ1) is 14.9. The molecular formula is C22H19ClN4O3S. The van der Waals surface area contributed by atoms with Crippen LogP contribution < -0.4 is 10.6 Å². The maximum Gasteiger partial charge on any atom is 0.335 e. The summed E-state index contributed by atoms with van der Waals surface area (Å²) in [6, 6.07) is 15.6. The van der Waals surface area contributed by atoms with Crippen molar-refractivity contribution < 1.29 is 14.3 Å². The predicted molar refractivity (Wildman–Crippen MR) is 124 cm³/mol. The number of benzene rings is 2. The molecule has 0 bridgehead atoms. The van der Waals surface area contributed by atoms with Crippen molar-refractivity contribution in [1.29, 1.82) is 0 Å². The van der Waals surface area contributed by atoms with E-state index < -0.39 is 5.97 Å². The van der Waals surface area contributed by atoms with Crippen LogP contribution in [0.5, 0.6) is 0 Å². The van der Waals surface area contributed by atoms with Crippen LogP contribution in [0.25, 0.3) is 11.0 Å². The second kappa shape index (κ2) is 8.79. The Morgan fingerprint density at radius 2 is 2.03 bits per heavy atom. The van der Waals surface area contributed by atoms with Crippen LogP contribution in [0.4, 0.5) is 5.69 Å². The van der Waals surface area contributed by atoms with Gasteiger partial charge in [0.25, 0.3) is 0 Å². The van der Waals surface area contributed by atoms with Gasteiger partial charge in [0.15, 0.2) is 5.11 Å². The zero-order chi connectivity index (χ0) is 22.0. The first-order valence-electron chi connectivity index (χ1n) is 9.49. The third kappa shape index (κ3) is 4.70. The molecule has 3 N–H and O–H groups in total. The maximum absolute atomic E-state index is 11.4. The molecule has 0 unspecified atom stereocenters. The molecule has 31 heavy (non-hydrogen) atoms. The molecule has 2 aromatic heterocycles. The van der Waals surface area contributed by atoms with Crippen molar-refractivity contribution in [2.45, 2.75) is 19.5 Å². The predicted octanol–water partition coefficient (Wildman–Crippen LogP) is 5.08. The second-order valence-corrected chi connectivity index (χ2v) is 7.82. The Bertz CT molecular complexity index is 1240. The number of hydrogen-bond donors (Lipinski definition) is 3. The normalized spacial score (nSPS) is 11.9. The highest BCUT2D eigenvalue weighted by Gasteiger charge is 2.19. The van der Waals surface area contributed by atoms with E-state index in [1.807, 2.05) is 35.8 Å². The van der Waals surface area contributed by atoms with Crippen molar-refractivity contribution in [3.63, 3.8) is 0 Å². The van der Waals surface area contributed by atoms with Crippen LogP contribution in [0.15, 0.2) is 65.3 Å². The summed E-state index contributed by atoms with van der Waals surface area (Å²) in [7, 11) is 0. The third-order valence-corrected chi connectivity index (χ3v) is 5.23. The number of imidazole rings is 1. The van der Waals surface area contributed by atoms with Crippen molar-refractivity contribution in [3.05, 3.63) is 83.0 Å². The second-order valence-electron chi connectivity index (χ2n) is 6.97. The van der Waals surface area contributed by atoms with Gasteiger partial charge in [-0.1, -0.05) is 11.6 Å². The molecule has 0 saturated heterocycles. The molecule has 4 aromatic rings. The number of carboxylic acids is 1. The van der Waals surface area contributed by atoms with Gasteiger partial charge in [0.2, 0.25) is 0 Å². The van der Waals surface area contributed by atoms with Gasteiger partial charge in [-0.05, 0) is 73.7 Å². The molecule has 158 valence electrons. The minimum atomic E-state index is -0.997. The number of thiocarbonyl (C=S) groups is 1. The molecule has 0 fully saturated rings. The van der Waals surface area contributed by atoms with E-state index in [0.717, 1.165) is 17.0 Å². The van der Waals surface area contributed by atoms with Gasteiger partial charge in [-0.3, -0.25) is 0 Å². The first kappa shape index (κ1) is 20.9. The van der Waals surface area contributed by atoms with Gasteiger partial charge >= 0.3 is 5.97 Å². The molecule has 0 saturated carbocycles. The van der Waals surface area contributed by atoms with E-state index in [-0.39, 0.29) is 11.6 Å². The number of carboxylic acid groups (broad SMARTS) is 1. The van der Waals surface area contributed by atoms with E-state index >= 15 is 0 Å². The molecule has 2 aromatic carbocycles.